The van der Waals surface area contributed by atoms with Gasteiger partial charge in [0.2, 0.25) is 5.91 Å². The summed E-state index contributed by atoms with van der Waals surface area (Å²) in [6.07, 6.45) is 1.01. The van der Waals surface area contributed by atoms with Gasteiger partial charge < -0.3 is 10.2 Å². The molecule has 2 unspecified atom stereocenters. The van der Waals surface area contributed by atoms with Crippen molar-refractivity contribution in [1.82, 2.24) is 15.2 Å². The Bertz CT molecular complexity index is 701. The zero-order valence-electron chi connectivity index (χ0n) is 14.0. The fourth-order valence-electron chi connectivity index (χ4n) is 2.95. The molecular weight excluding hydrogens is 325 g/mol. The van der Waals surface area contributed by atoms with Crippen LogP contribution < -0.4 is 5.32 Å². The molecule has 1 saturated heterocycles. The van der Waals surface area contributed by atoms with Crippen LogP contribution in [0.4, 0.5) is 4.39 Å². The fraction of sp³-hybridized carbons (Fsp3) is 0.444. The maximum Gasteiger partial charge on any atom is 0.228 e. The van der Waals surface area contributed by atoms with Crippen molar-refractivity contribution in [1.29, 1.82) is 0 Å². The second-order valence-electron chi connectivity index (χ2n) is 6.28. The smallest absolute Gasteiger partial charge is 0.228 e. The zero-order valence-corrected chi connectivity index (χ0v) is 14.8. The van der Waals surface area contributed by atoms with Crippen molar-refractivity contribution >= 4 is 17.2 Å². The molecule has 24 heavy (non-hydrogen) atoms. The van der Waals surface area contributed by atoms with Crippen molar-refractivity contribution in [3.63, 3.8) is 0 Å². The molecule has 0 aliphatic carbocycles. The van der Waals surface area contributed by atoms with Crippen LogP contribution in [0.2, 0.25) is 0 Å². The van der Waals surface area contributed by atoms with E-state index in [1.165, 1.54) is 12.1 Å². The van der Waals surface area contributed by atoms with Gasteiger partial charge in [0.1, 0.15) is 5.82 Å². The van der Waals surface area contributed by atoms with E-state index in [2.05, 4.69) is 24.1 Å². The van der Waals surface area contributed by atoms with Crippen molar-refractivity contribution in [3.05, 3.63) is 51.7 Å². The van der Waals surface area contributed by atoms with E-state index in [4.69, 9.17) is 0 Å². The molecule has 0 spiro atoms. The van der Waals surface area contributed by atoms with Gasteiger partial charge in [-0.05, 0) is 31.5 Å². The van der Waals surface area contributed by atoms with Crippen LogP contribution in [-0.4, -0.2) is 41.0 Å². The van der Waals surface area contributed by atoms with Crippen molar-refractivity contribution in [3.8, 4) is 0 Å². The molecule has 4 nitrogen and oxygen atoms in total. The third kappa shape index (κ3) is 3.99. The maximum atomic E-state index is 12.9. The van der Waals surface area contributed by atoms with Crippen LogP contribution in [0, 0.1) is 5.82 Å². The number of halogens is 1. The van der Waals surface area contributed by atoms with E-state index >= 15 is 0 Å². The Morgan fingerprint density at radius 1 is 1.38 bits per heavy atom. The van der Waals surface area contributed by atoms with E-state index in [0.717, 1.165) is 29.4 Å². The lowest BCUT2D eigenvalue weighted by Crippen LogP contribution is -2.57. The third-order valence-corrected chi connectivity index (χ3v) is 5.45. The lowest BCUT2D eigenvalue weighted by atomic mass is 10.1. The molecule has 2 aromatic rings. The van der Waals surface area contributed by atoms with E-state index in [0.29, 0.717) is 18.9 Å². The van der Waals surface area contributed by atoms with Gasteiger partial charge in [-0.3, -0.25) is 4.79 Å². The van der Waals surface area contributed by atoms with Crippen molar-refractivity contribution < 1.29 is 9.18 Å². The average Bonchev–Trinajstić information content (AvgIpc) is 2.99. The third-order valence-electron chi connectivity index (χ3n) is 4.55. The fourth-order valence-corrected chi connectivity index (χ4v) is 3.78. The quantitative estimate of drug-likeness (QED) is 0.925. The SMILES string of the molecule is CC1NCCN(C(=O)Cc2csc(Cc3ccc(F)cc3)n2)C1C. The van der Waals surface area contributed by atoms with Gasteiger partial charge in [-0.15, -0.1) is 11.3 Å². The summed E-state index contributed by atoms with van der Waals surface area (Å²) < 4.78 is 12.9. The summed E-state index contributed by atoms with van der Waals surface area (Å²) in [6, 6.07) is 6.97. The van der Waals surface area contributed by atoms with Gasteiger partial charge in [-0.1, -0.05) is 12.1 Å². The molecule has 1 aliphatic heterocycles. The highest BCUT2D eigenvalue weighted by atomic mass is 32.1. The number of aromatic nitrogens is 1. The molecule has 1 aromatic carbocycles. The summed E-state index contributed by atoms with van der Waals surface area (Å²) in [5.74, 6) is -0.0990. The van der Waals surface area contributed by atoms with Crippen LogP contribution >= 0.6 is 11.3 Å². The van der Waals surface area contributed by atoms with Crippen molar-refractivity contribution in [2.24, 2.45) is 0 Å². The number of hydrogen-bond donors (Lipinski definition) is 1. The Balaban J connectivity index is 1.61. The van der Waals surface area contributed by atoms with Gasteiger partial charge in [-0.25, -0.2) is 9.37 Å². The van der Waals surface area contributed by atoms with Crippen LogP contribution in [0.15, 0.2) is 29.6 Å². The van der Waals surface area contributed by atoms with Gasteiger partial charge in [0.05, 0.1) is 17.1 Å². The van der Waals surface area contributed by atoms with E-state index in [-0.39, 0.29) is 17.8 Å². The minimum Gasteiger partial charge on any atom is -0.337 e. The Hall–Kier alpha value is -1.79. The Kier molecular flexibility index (Phi) is 5.26. The highest BCUT2D eigenvalue weighted by Crippen LogP contribution is 2.17. The Labute approximate surface area is 145 Å². The number of amides is 1. The molecule has 0 radical (unpaired) electrons. The summed E-state index contributed by atoms with van der Waals surface area (Å²) in [6.45, 7) is 5.77. The van der Waals surface area contributed by atoms with E-state index in [1.54, 1.807) is 23.5 Å². The largest absolute Gasteiger partial charge is 0.337 e. The molecule has 1 N–H and O–H groups in total. The number of rotatable bonds is 4. The van der Waals surface area contributed by atoms with Crippen molar-refractivity contribution in [2.75, 3.05) is 13.1 Å². The van der Waals surface area contributed by atoms with Gasteiger partial charge in [0, 0.05) is 37.0 Å². The number of carbonyl (C=O) groups is 1. The molecule has 3 rings (SSSR count). The Morgan fingerprint density at radius 2 is 2.12 bits per heavy atom. The van der Waals surface area contributed by atoms with Crippen molar-refractivity contribution in [2.45, 2.75) is 38.8 Å². The number of nitrogens with zero attached hydrogens (tertiary/aromatic N) is 2. The molecule has 2 atom stereocenters. The molecule has 128 valence electrons. The second kappa shape index (κ2) is 7.40. The second-order valence-corrected chi connectivity index (χ2v) is 7.23. The highest BCUT2D eigenvalue weighted by molar-refractivity contribution is 7.09. The topological polar surface area (TPSA) is 45.2 Å². The van der Waals surface area contributed by atoms with Gasteiger partial charge in [-0.2, -0.15) is 0 Å². The minimum absolute atomic E-state index is 0.134. The first-order valence-electron chi connectivity index (χ1n) is 8.23. The van der Waals surface area contributed by atoms with Gasteiger partial charge >= 0.3 is 0 Å². The highest BCUT2D eigenvalue weighted by Gasteiger charge is 2.28. The van der Waals surface area contributed by atoms with E-state index in [1.807, 2.05) is 10.3 Å². The molecule has 1 fully saturated rings. The molecule has 1 aromatic heterocycles. The average molecular weight is 347 g/mol. The minimum atomic E-state index is -0.233. The molecule has 1 amide bonds. The molecular formula is C18H22FN3OS. The lowest BCUT2D eigenvalue weighted by molar-refractivity contribution is -0.134. The van der Waals surface area contributed by atoms with Crippen LogP contribution in [0.25, 0.3) is 0 Å². The molecule has 0 saturated carbocycles. The Morgan fingerprint density at radius 3 is 2.88 bits per heavy atom. The van der Waals surface area contributed by atoms with Crippen LogP contribution in [-0.2, 0) is 17.6 Å². The number of hydrogen-bond acceptors (Lipinski definition) is 4. The molecule has 0 bridgehead atoms. The summed E-state index contributed by atoms with van der Waals surface area (Å²) >= 11 is 1.55. The molecule has 6 heteroatoms. The first-order valence-corrected chi connectivity index (χ1v) is 9.11. The summed E-state index contributed by atoms with van der Waals surface area (Å²) in [5.41, 5.74) is 1.84. The number of nitrogens with one attached hydrogen (secondary N) is 1. The van der Waals surface area contributed by atoms with Crippen LogP contribution in [0.1, 0.15) is 30.1 Å². The van der Waals surface area contributed by atoms with E-state index < -0.39 is 0 Å². The molecule has 1 aliphatic rings. The normalized spacial score (nSPS) is 21.0. The molecule has 2 heterocycles. The monoisotopic (exact) mass is 347 g/mol. The number of thiazole rings is 1. The van der Waals surface area contributed by atoms with Crippen LogP contribution in [0.3, 0.4) is 0 Å². The predicted octanol–water partition coefficient (Wildman–Crippen LogP) is 2.62. The zero-order chi connectivity index (χ0) is 17.1. The summed E-state index contributed by atoms with van der Waals surface area (Å²) in [5, 5.41) is 6.28. The standard InChI is InChI=1S/C18H22FN3OS/c1-12-13(2)22(8-7-20-12)18(23)10-16-11-24-17(21-16)9-14-3-5-15(19)6-4-14/h3-6,11-13,20H,7-10H2,1-2H3. The first-order chi connectivity index (χ1) is 11.5. The number of piperazine rings is 1. The predicted molar refractivity (Wildman–Crippen MR) is 93.7 cm³/mol. The van der Waals surface area contributed by atoms with Crippen LogP contribution in [0.5, 0.6) is 0 Å². The van der Waals surface area contributed by atoms with Gasteiger partial charge in [0.15, 0.2) is 0 Å². The van der Waals surface area contributed by atoms with Gasteiger partial charge in [0.25, 0.3) is 0 Å². The van der Waals surface area contributed by atoms with E-state index in [9.17, 15) is 9.18 Å². The number of carbonyl (C=O) groups excluding carboxylic acids is 1. The first kappa shape index (κ1) is 17.0. The number of benzene rings is 1. The summed E-state index contributed by atoms with van der Waals surface area (Å²) in [4.78, 5) is 19.1. The lowest BCUT2D eigenvalue weighted by Gasteiger charge is -2.38. The maximum absolute atomic E-state index is 12.9. The summed E-state index contributed by atoms with van der Waals surface area (Å²) in [7, 11) is 0.